The number of imidazole rings is 1. The summed E-state index contributed by atoms with van der Waals surface area (Å²) in [4.78, 5) is 15.1. The Balaban J connectivity index is 3.18. The molecule has 1 N–H and O–H groups in total. The second kappa shape index (κ2) is 1.72. The highest BCUT2D eigenvalue weighted by Crippen LogP contribution is 1.94. The van der Waals surface area contributed by atoms with Crippen molar-refractivity contribution < 1.29 is 0 Å². The van der Waals surface area contributed by atoms with E-state index in [1.165, 1.54) is 0 Å². The Labute approximate surface area is 62.1 Å². The van der Waals surface area contributed by atoms with Crippen molar-refractivity contribution >= 4 is 12.2 Å². The molecule has 2 rings (SSSR count). The van der Waals surface area contributed by atoms with E-state index in [0.29, 0.717) is 11.0 Å². The summed E-state index contributed by atoms with van der Waals surface area (Å²) >= 11 is 0. The van der Waals surface area contributed by atoms with Crippen LogP contribution in [0.1, 0.15) is 5.69 Å². The Kier molecular flexibility index (Phi) is 0.961. The Morgan fingerprint density at radius 2 is 2.45 bits per heavy atom. The highest BCUT2D eigenvalue weighted by Gasteiger charge is 2.04. The standard InChI is InChI=1S/C7H7N3O/c1-4-3-8-7-6(11)5(2)9-10(4)7/h3,9H,2H2,1H3. The smallest absolute Gasteiger partial charge is 0.247 e. The molecule has 0 radical (unpaired) electrons. The molecule has 0 saturated carbocycles. The summed E-state index contributed by atoms with van der Waals surface area (Å²) in [6.45, 7) is 5.41. The topological polar surface area (TPSA) is 50.2 Å². The third-order valence-electron chi connectivity index (χ3n) is 1.66. The molecular formula is C7H7N3O. The molecule has 0 atom stereocenters. The fraction of sp³-hybridized carbons (Fsp3) is 0.143. The average molecular weight is 149 g/mol. The lowest BCUT2D eigenvalue weighted by molar-refractivity contribution is 0.914. The van der Waals surface area contributed by atoms with Crippen molar-refractivity contribution in [2.24, 2.45) is 0 Å². The number of aryl methyl sites for hydroxylation is 1. The molecule has 0 aliphatic rings. The van der Waals surface area contributed by atoms with Crippen LogP contribution in [-0.4, -0.2) is 14.6 Å². The number of fused-ring (bicyclic) bond motifs is 1. The molecule has 0 saturated heterocycles. The van der Waals surface area contributed by atoms with Crippen molar-refractivity contribution in [1.82, 2.24) is 14.6 Å². The summed E-state index contributed by atoms with van der Waals surface area (Å²) in [6.07, 6.45) is 1.65. The largest absolute Gasteiger partial charge is 0.289 e. The van der Waals surface area contributed by atoms with Crippen molar-refractivity contribution in [3.8, 4) is 0 Å². The number of H-pyrrole nitrogens is 1. The summed E-state index contributed by atoms with van der Waals surface area (Å²) in [6, 6.07) is 0. The van der Waals surface area contributed by atoms with E-state index in [2.05, 4.69) is 16.7 Å². The molecule has 0 aliphatic heterocycles. The van der Waals surface area contributed by atoms with Crippen molar-refractivity contribution in [3.05, 3.63) is 27.5 Å². The third kappa shape index (κ3) is 0.633. The first-order valence-electron chi connectivity index (χ1n) is 3.25. The Hall–Kier alpha value is -1.58. The average Bonchev–Trinajstić information content (AvgIpc) is 2.43. The van der Waals surface area contributed by atoms with Crippen molar-refractivity contribution in [2.75, 3.05) is 0 Å². The lowest BCUT2D eigenvalue weighted by Crippen LogP contribution is -2.19. The molecule has 0 amide bonds. The Morgan fingerprint density at radius 1 is 1.73 bits per heavy atom. The molecule has 2 heterocycles. The zero-order chi connectivity index (χ0) is 8.01. The molecule has 0 fully saturated rings. The van der Waals surface area contributed by atoms with Crippen LogP contribution in [0.5, 0.6) is 0 Å². The van der Waals surface area contributed by atoms with E-state index in [9.17, 15) is 4.79 Å². The van der Waals surface area contributed by atoms with Gasteiger partial charge in [0.1, 0.15) is 0 Å². The molecule has 0 spiro atoms. The minimum atomic E-state index is -0.127. The van der Waals surface area contributed by atoms with E-state index in [1.807, 2.05) is 6.92 Å². The van der Waals surface area contributed by atoms with Crippen LogP contribution in [0.25, 0.3) is 12.2 Å². The highest BCUT2D eigenvalue weighted by molar-refractivity contribution is 5.38. The van der Waals surface area contributed by atoms with E-state index in [1.54, 1.807) is 10.7 Å². The van der Waals surface area contributed by atoms with Crippen molar-refractivity contribution in [3.63, 3.8) is 0 Å². The van der Waals surface area contributed by atoms with Gasteiger partial charge >= 0.3 is 0 Å². The van der Waals surface area contributed by atoms with Crippen LogP contribution < -0.4 is 10.8 Å². The summed E-state index contributed by atoms with van der Waals surface area (Å²) < 4.78 is 1.63. The van der Waals surface area contributed by atoms with E-state index in [-0.39, 0.29) is 5.43 Å². The minimum Gasteiger partial charge on any atom is -0.289 e. The first kappa shape index (κ1) is 6.15. The molecule has 0 aromatic carbocycles. The number of hydrogen-bond acceptors (Lipinski definition) is 2. The number of rotatable bonds is 0. The molecule has 56 valence electrons. The van der Waals surface area contributed by atoms with E-state index >= 15 is 0 Å². The molecule has 0 unspecified atom stereocenters. The predicted molar refractivity (Wildman–Crippen MR) is 41.3 cm³/mol. The second-order valence-corrected chi connectivity index (χ2v) is 2.48. The van der Waals surface area contributed by atoms with Gasteiger partial charge in [-0.2, -0.15) is 0 Å². The number of hydrogen-bond donors (Lipinski definition) is 1. The van der Waals surface area contributed by atoms with Gasteiger partial charge in [0.25, 0.3) is 0 Å². The van der Waals surface area contributed by atoms with Crippen LogP contribution >= 0.6 is 0 Å². The SMILES string of the molecule is C=c1[nH]n2c(C)cnc2c1=O. The fourth-order valence-electron chi connectivity index (χ4n) is 1.06. The van der Waals surface area contributed by atoms with Crippen LogP contribution in [0, 0.1) is 6.92 Å². The molecule has 0 aliphatic carbocycles. The van der Waals surface area contributed by atoms with E-state index in [0.717, 1.165) is 5.69 Å². The lowest BCUT2D eigenvalue weighted by atomic mass is 10.6. The van der Waals surface area contributed by atoms with Gasteiger partial charge < -0.3 is 0 Å². The second-order valence-electron chi connectivity index (χ2n) is 2.48. The maximum absolute atomic E-state index is 11.2. The maximum Gasteiger partial charge on any atom is 0.247 e. The quantitative estimate of drug-likeness (QED) is 0.547. The normalized spacial score (nSPS) is 11.0. The third-order valence-corrected chi connectivity index (χ3v) is 1.66. The minimum absolute atomic E-state index is 0.127. The van der Waals surface area contributed by atoms with Crippen molar-refractivity contribution in [1.29, 1.82) is 0 Å². The Morgan fingerprint density at radius 3 is 3.09 bits per heavy atom. The zero-order valence-corrected chi connectivity index (χ0v) is 6.09. The molecule has 2 aromatic rings. The zero-order valence-electron chi connectivity index (χ0n) is 6.09. The monoisotopic (exact) mass is 149 g/mol. The summed E-state index contributed by atoms with van der Waals surface area (Å²) in [5.74, 6) is 0. The highest BCUT2D eigenvalue weighted by atomic mass is 16.1. The van der Waals surface area contributed by atoms with Gasteiger partial charge in [-0.25, -0.2) is 9.50 Å². The van der Waals surface area contributed by atoms with Gasteiger partial charge in [0.05, 0.1) is 17.2 Å². The number of nitrogens with one attached hydrogen (secondary N) is 1. The van der Waals surface area contributed by atoms with Crippen LogP contribution in [0.15, 0.2) is 11.0 Å². The fourth-order valence-corrected chi connectivity index (χ4v) is 1.06. The molecule has 4 heteroatoms. The van der Waals surface area contributed by atoms with Gasteiger partial charge in [-0.15, -0.1) is 0 Å². The number of nitrogens with zero attached hydrogens (tertiary/aromatic N) is 2. The number of aromatic amines is 1. The Bertz CT molecular complexity index is 493. The van der Waals surface area contributed by atoms with Gasteiger partial charge in [-0.1, -0.05) is 6.58 Å². The summed E-state index contributed by atoms with van der Waals surface area (Å²) in [5, 5.41) is 3.19. The van der Waals surface area contributed by atoms with Crippen LogP contribution in [0.2, 0.25) is 0 Å². The van der Waals surface area contributed by atoms with Crippen LogP contribution in [0.4, 0.5) is 0 Å². The summed E-state index contributed by atoms with van der Waals surface area (Å²) in [7, 11) is 0. The maximum atomic E-state index is 11.2. The van der Waals surface area contributed by atoms with E-state index < -0.39 is 0 Å². The van der Waals surface area contributed by atoms with Crippen LogP contribution in [0.3, 0.4) is 0 Å². The summed E-state index contributed by atoms with van der Waals surface area (Å²) in [5.41, 5.74) is 1.21. The van der Waals surface area contributed by atoms with Gasteiger partial charge in [0.15, 0.2) is 0 Å². The van der Waals surface area contributed by atoms with Gasteiger partial charge in [0, 0.05) is 0 Å². The molecule has 2 aromatic heterocycles. The van der Waals surface area contributed by atoms with Gasteiger partial charge in [0.2, 0.25) is 11.1 Å². The molecule has 11 heavy (non-hydrogen) atoms. The molecule has 0 bridgehead atoms. The molecular weight excluding hydrogens is 142 g/mol. The lowest BCUT2D eigenvalue weighted by Gasteiger charge is -1.83. The number of aromatic nitrogens is 3. The van der Waals surface area contributed by atoms with Crippen molar-refractivity contribution in [2.45, 2.75) is 6.92 Å². The van der Waals surface area contributed by atoms with Gasteiger partial charge in [-0.3, -0.25) is 9.89 Å². The van der Waals surface area contributed by atoms with Crippen LogP contribution in [-0.2, 0) is 0 Å². The predicted octanol–water partition coefficient (Wildman–Crippen LogP) is -0.540. The van der Waals surface area contributed by atoms with Gasteiger partial charge in [-0.05, 0) is 6.92 Å². The first-order valence-corrected chi connectivity index (χ1v) is 3.25. The van der Waals surface area contributed by atoms with E-state index in [4.69, 9.17) is 0 Å². The first-order chi connectivity index (χ1) is 5.20. The molecule has 4 nitrogen and oxygen atoms in total.